The number of hydrogen-bond donors (Lipinski definition) is 2. The number of amides is 1. The lowest BCUT2D eigenvalue weighted by atomic mass is 9.40. The highest BCUT2D eigenvalue weighted by Crippen LogP contribution is 2.63. The molecule has 1 aromatic carbocycles. The van der Waals surface area contributed by atoms with Crippen molar-refractivity contribution >= 4 is 23.2 Å². The molecule has 0 bridgehead atoms. The van der Waals surface area contributed by atoms with E-state index in [1.807, 2.05) is 30.3 Å². The van der Waals surface area contributed by atoms with Crippen molar-refractivity contribution < 1.29 is 4.79 Å². The number of nitrogens with zero attached hydrogens (tertiary/aromatic N) is 2. The zero-order valence-corrected chi connectivity index (χ0v) is 19.6. The molecule has 2 fully saturated rings. The molecule has 1 saturated carbocycles. The summed E-state index contributed by atoms with van der Waals surface area (Å²) in [7, 11) is 0. The molecule has 5 nitrogen and oxygen atoms in total. The number of benzene rings is 1. The first-order valence-electron chi connectivity index (χ1n) is 11.3. The van der Waals surface area contributed by atoms with Crippen LogP contribution in [-0.2, 0) is 0 Å². The molecule has 1 unspecified atom stereocenters. The molecule has 1 saturated heterocycles. The van der Waals surface area contributed by atoms with Crippen LogP contribution in [0.2, 0.25) is 0 Å². The van der Waals surface area contributed by atoms with Crippen LogP contribution < -0.4 is 15.5 Å². The molecule has 1 heterocycles. The van der Waals surface area contributed by atoms with Crippen molar-refractivity contribution in [2.24, 2.45) is 28.6 Å². The van der Waals surface area contributed by atoms with Crippen molar-refractivity contribution in [1.82, 2.24) is 10.6 Å². The molecule has 0 radical (unpaired) electrons. The second-order valence-corrected chi connectivity index (χ2v) is 10.9. The van der Waals surface area contributed by atoms with Gasteiger partial charge < -0.3 is 15.5 Å². The third-order valence-electron chi connectivity index (χ3n) is 7.79. The van der Waals surface area contributed by atoms with E-state index in [1.165, 1.54) is 0 Å². The van der Waals surface area contributed by atoms with Gasteiger partial charge in [-0.3, -0.25) is 4.79 Å². The molecule has 2 N–H and O–H groups in total. The molecule has 3 aliphatic rings. The number of piperazine rings is 1. The van der Waals surface area contributed by atoms with Crippen LogP contribution in [0.1, 0.15) is 38.1 Å². The van der Waals surface area contributed by atoms with Gasteiger partial charge in [0, 0.05) is 49.4 Å². The Bertz CT molecular complexity index is 879. The number of nitrogens with one attached hydrogen (secondary N) is 2. The molecule has 4 rings (SSSR count). The van der Waals surface area contributed by atoms with Gasteiger partial charge in [0.15, 0.2) is 0 Å². The molecule has 0 spiro atoms. The number of carbonyl (C=O) groups excluding carboxylic acids is 1. The van der Waals surface area contributed by atoms with Gasteiger partial charge in [-0.15, -0.1) is 11.6 Å². The van der Waals surface area contributed by atoms with E-state index in [0.717, 1.165) is 31.9 Å². The van der Waals surface area contributed by atoms with Crippen molar-refractivity contribution in [3.63, 3.8) is 0 Å². The summed E-state index contributed by atoms with van der Waals surface area (Å²) >= 11 is 6.35. The number of halogens is 1. The van der Waals surface area contributed by atoms with Crippen LogP contribution in [0, 0.1) is 39.9 Å². The van der Waals surface area contributed by atoms with Gasteiger partial charge in [-0.05, 0) is 41.0 Å². The van der Waals surface area contributed by atoms with E-state index in [4.69, 9.17) is 11.6 Å². The summed E-state index contributed by atoms with van der Waals surface area (Å²) in [5.74, 6) is 0.0404. The Morgan fingerprint density at radius 2 is 1.77 bits per heavy atom. The van der Waals surface area contributed by atoms with Crippen LogP contribution >= 0.6 is 11.6 Å². The SMILES string of the molecule is CC1(C)[C@H](NC(=O)c2ccc(N3CCNCC3)cc2)C(C)(C)[C@H]1[C@H](C#N)[C@@H]1C=CC1Cl. The van der Waals surface area contributed by atoms with Crippen molar-refractivity contribution in [2.45, 2.75) is 39.1 Å². The molecule has 166 valence electrons. The maximum absolute atomic E-state index is 13.1. The minimum absolute atomic E-state index is 0.0148. The summed E-state index contributed by atoms with van der Waals surface area (Å²) in [5, 5.41) is 16.5. The van der Waals surface area contributed by atoms with E-state index >= 15 is 0 Å². The predicted molar refractivity (Wildman–Crippen MR) is 125 cm³/mol. The Morgan fingerprint density at radius 1 is 1.16 bits per heavy atom. The zero-order chi connectivity index (χ0) is 22.4. The lowest BCUT2D eigenvalue weighted by molar-refractivity contribution is -0.147. The molecule has 31 heavy (non-hydrogen) atoms. The van der Waals surface area contributed by atoms with E-state index in [1.54, 1.807) is 0 Å². The Labute approximate surface area is 190 Å². The molecular weight excluding hydrogens is 408 g/mol. The fourth-order valence-electron chi connectivity index (χ4n) is 6.46. The van der Waals surface area contributed by atoms with Gasteiger partial charge in [0.25, 0.3) is 5.91 Å². The number of nitriles is 1. The monoisotopic (exact) mass is 440 g/mol. The van der Waals surface area contributed by atoms with Gasteiger partial charge in [0.2, 0.25) is 0 Å². The molecule has 1 aliphatic heterocycles. The Morgan fingerprint density at radius 3 is 2.26 bits per heavy atom. The zero-order valence-electron chi connectivity index (χ0n) is 18.9. The smallest absolute Gasteiger partial charge is 0.251 e. The first kappa shape index (κ1) is 22.2. The van der Waals surface area contributed by atoms with Gasteiger partial charge in [0.1, 0.15) is 0 Å². The van der Waals surface area contributed by atoms with Gasteiger partial charge in [-0.2, -0.15) is 5.26 Å². The van der Waals surface area contributed by atoms with E-state index in [0.29, 0.717) is 5.56 Å². The molecule has 2 aliphatic carbocycles. The average Bonchev–Trinajstić information content (AvgIpc) is 2.75. The molecule has 1 amide bonds. The Kier molecular flexibility index (Phi) is 5.83. The molecule has 6 heteroatoms. The summed E-state index contributed by atoms with van der Waals surface area (Å²) in [5.41, 5.74) is 1.44. The minimum Gasteiger partial charge on any atom is -0.369 e. The van der Waals surface area contributed by atoms with E-state index in [-0.39, 0.29) is 45.9 Å². The average molecular weight is 441 g/mol. The Hall–Kier alpha value is -2.03. The van der Waals surface area contributed by atoms with E-state index in [9.17, 15) is 10.1 Å². The lowest BCUT2D eigenvalue weighted by Crippen LogP contribution is -2.72. The third kappa shape index (κ3) is 3.75. The summed E-state index contributed by atoms with van der Waals surface area (Å²) in [4.78, 5) is 15.4. The van der Waals surface area contributed by atoms with Gasteiger partial charge >= 0.3 is 0 Å². The van der Waals surface area contributed by atoms with Crippen molar-refractivity contribution in [2.75, 3.05) is 31.1 Å². The summed E-state index contributed by atoms with van der Waals surface area (Å²) in [6, 6.07) is 10.4. The summed E-state index contributed by atoms with van der Waals surface area (Å²) < 4.78 is 0. The van der Waals surface area contributed by atoms with Crippen molar-refractivity contribution in [1.29, 1.82) is 5.26 Å². The van der Waals surface area contributed by atoms with Gasteiger partial charge in [-0.25, -0.2) is 0 Å². The van der Waals surface area contributed by atoms with Crippen molar-refractivity contribution in [3.05, 3.63) is 42.0 Å². The van der Waals surface area contributed by atoms with Crippen LogP contribution in [0.25, 0.3) is 0 Å². The fourth-order valence-corrected chi connectivity index (χ4v) is 6.79. The second kappa shape index (κ2) is 8.15. The second-order valence-electron chi connectivity index (χ2n) is 10.4. The quantitative estimate of drug-likeness (QED) is 0.539. The van der Waals surface area contributed by atoms with E-state index in [2.05, 4.69) is 55.4 Å². The molecule has 3 atom stereocenters. The lowest BCUT2D eigenvalue weighted by Gasteiger charge is -2.66. The standard InChI is InChI=1S/C25H33ClN4O/c1-24(2)21(19(15-27)18-9-10-20(18)26)25(3,4)23(24)29-22(31)16-5-7-17(8-6-16)30-13-11-28-12-14-30/h5-10,18-21,23,28H,11-14H2,1-4H3,(H,29,31)/t18-,19+,20?,21-,23-/m0/s1. The largest absolute Gasteiger partial charge is 0.369 e. The first-order chi connectivity index (χ1) is 14.7. The maximum Gasteiger partial charge on any atom is 0.251 e. The van der Waals surface area contributed by atoms with Crippen LogP contribution in [0.3, 0.4) is 0 Å². The van der Waals surface area contributed by atoms with Crippen LogP contribution in [0.15, 0.2) is 36.4 Å². The highest BCUT2D eigenvalue weighted by atomic mass is 35.5. The fraction of sp³-hybridized carbons (Fsp3) is 0.600. The Balaban J connectivity index is 1.46. The van der Waals surface area contributed by atoms with Gasteiger partial charge in [0.05, 0.1) is 17.4 Å². The number of anilines is 1. The normalized spacial score (nSPS) is 31.7. The summed E-state index contributed by atoms with van der Waals surface area (Å²) in [6.07, 6.45) is 4.02. The van der Waals surface area contributed by atoms with Crippen LogP contribution in [-0.4, -0.2) is 43.5 Å². The number of carbonyl (C=O) groups is 1. The first-order valence-corrected chi connectivity index (χ1v) is 11.7. The topological polar surface area (TPSA) is 68.2 Å². The maximum atomic E-state index is 13.1. The predicted octanol–water partition coefficient (Wildman–Crippen LogP) is 3.81. The number of alkyl halides is 1. The number of rotatable bonds is 5. The number of hydrogen-bond acceptors (Lipinski definition) is 4. The highest BCUT2D eigenvalue weighted by Gasteiger charge is 2.65. The van der Waals surface area contributed by atoms with Crippen LogP contribution in [0.5, 0.6) is 0 Å². The van der Waals surface area contributed by atoms with Gasteiger partial charge in [-0.1, -0.05) is 39.8 Å². The van der Waals surface area contributed by atoms with Crippen molar-refractivity contribution in [3.8, 4) is 6.07 Å². The molecular formula is C25H33ClN4O. The molecule has 0 aromatic heterocycles. The highest BCUT2D eigenvalue weighted by molar-refractivity contribution is 6.22. The van der Waals surface area contributed by atoms with Crippen LogP contribution in [0.4, 0.5) is 5.69 Å². The summed E-state index contributed by atoms with van der Waals surface area (Å²) in [6.45, 7) is 12.6. The van der Waals surface area contributed by atoms with E-state index < -0.39 is 0 Å². The molecule has 1 aromatic rings. The third-order valence-corrected chi connectivity index (χ3v) is 8.22. The minimum atomic E-state index is -0.194. The number of allylic oxidation sites excluding steroid dienone is 2.